The molecule has 0 saturated carbocycles. The molecule has 0 aliphatic rings. The molecule has 0 aliphatic carbocycles. The maximum atomic E-state index is 11.5. The van der Waals surface area contributed by atoms with Crippen molar-refractivity contribution in [2.45, 2.75) is 13.3 Å². The van der Waals surface area contributed by atoms with Gasteiger partial charge in [-0.25, -0.2) is 4.98 Å². The first-order valence-electron chi connectivity index (χ1n) is 7.25. The van der Waals surface area contributed by atoms with Gasteiger partial charge < -0.3 is 16.0 Å². The molecule has 1 aromatic carbocycles. The van der Waals surface area contributed by atoms with E-state index in [4.69, 9.17) is 5.73 Å². The lowest BCUT2D eigenvalue weighted by Crippen LogP contribution is -2.11. The first kappa shape index (κ1) is 14.8. The van der Waals surface area contributed by atoms with Crippen LogP contribution in [-0.2, 0) is 4.79 Å². The molecular weight excluding hydrogens is 292 g/mol. The number of anilines is 1. The predicted molar refractivity (Wildman–Crippen MR) is 89.0 cm³/mol. The Hall–Kier alpha value is -3.15. The highest BCUT2D eigenvalue weighted by Gasteiger charge is 2.11. The third-order valence-corrected chi connectivity index (χ3v) is 3.59. The third-order valence-electron chi connectivity index (χ3n) is 3.59. The van der Waals surface area contributed by atoms with Crippen LogP contribution >= 0.6 is 0 Å². The summed E-state index contributed by atoms with van der Waals surface area (Å²) in [5.74, 6) is -0.561. The van der Waals surface area contributed by atoms with Crippen molar-refractivity contribution < 1.29 is 9.59 Å². The number of fused-ring (bicyclic) bond motifs is 1. The predicted octanol–water partition coefficient (Wildman–Crippen LogP) is 2.68. The summed E-state index contributed by atoms with van der Waals surface area (Å²) in [5.41, 5.74) is 8.88. The van der Waals surface area contributed by atoms with E-state index in [2.05, 4.69) is 15.3 Å². The minimum absolute atomic E-state index is 0.0428. The van der Waals surface area contributed by atoms with Crippen LogP contribution in [0.1, 0.15) is 23.7 Å². The van der Waals surface area contributed by atoms with Crippen LogP contribution in [0.15, 0.2) is 42.7 Å². The minimum Gasteiger partial charge on any atom is -0.366 e. The lowest BCUT2D eigenvalue weighted by molar-refractivity contribution is -0.115. The molecule has 6 nitrogen and oxygen atoms in total. The average molecular weight is 308 g/mol. The van der Waals surface area contributed by atoms with Gasteiger partial charge in [-0.05, 0) is 23.8 Å². The zero-order chi connectivity index (χ0) is 16.4. The van der Waals surface area contributed by atoms with Crippen LogP contribution in [0.5, 0.6) is 0 Å². The van der Waals surface area contributed by atoms with E-state index in [1.54, 1.807) is 13.0 Å². The maximum Gasteiger partial charge on any atom is 0.250 e. The zero-order valence-electron chi connectivity index (χ0n) is 12.6. The summed E-state index contributed by atoms with van der Waals surface area (Å²) in [6.07, 6.45) is 3.69. The van der Waals surface area contributed by atoms with E-state index in [0.717, 1.165) is 22.2 Å². The highest BCUT2D eigenvalue weighted by molar-refractivity contribution is 6.01. The fourth-order valence-corrected chi connectivity index (χ4v) is 2.39. The number of nitrogens with one attached hydrogen (secondary N) is 2. The molecule has 6 heteroatoms. The van der Waals surface area contributed by atoms with Crippen LogP contribution in [0.25, 0.3) is 22.2 Å². The van der Waals surface area contributed by atoms with Crippen LogP contribution in [0.2, 0.25) is 0 Å². The van der Waals surface area contributed by atoms with Crippen LogP contribution in [0.3, 0.4) is 0 Å². The van der Waals surface area contributed by atoms with Gasteiger partial charge in [-0.3, -0.25) is 9.59 Å². The van der Waals surface area contributed by atoms with Gasteiger partial charge in [0.25, 0.3) is 0 Å². The Bertz CT molecular complexity index is 898. The Morgan fingerprint density at radius 1 is 1.30 bits per heavy atom. The number of rotatable bonds is 4. The van der Waals surface area contributed by atoms with E-state index in [9.17, 15) is 9.59 Å². The number of amides is 2. The van der Waals surface area contributed by atoms with Crippen molar-refractivity contribution in [2.75, 3.05) is 5.32 Å². The average Bonchev–Trinajstić information content (AvgIpc) is 2.98. The van der Waals surface area contributed by atoms with Crippen LogP contribution in [-0.4, -0.2) is 21.8 Å². The molecule has 116 valence electrons. The molecule has 2 amide bonds. The van der Waals surface area contributed by atoms with Crippen LogP contribution in [0, 0.1) is 0 Å². The van der Waals surface area contributed by atoms with Crippen molar-refractivity contribution in [3.63, 3.8) is 0 Å². The van der Waals surface area contributed by atoms with Crippen molar-refractivity contribution in [3.8, 4) is 11.1 Å². The number of hydrogen-bond donors (Lipinski definition) is 3. The first-order valence-corrected chi connectivity index (χ1v) is 7.25. The van der Waals surface area contributed by atoms with E-state index in [-0.39, 0.29) is 5.91 Å². The van der Waals surface area contributed by atoms with Crippen LogP contribution < -0.4 is 11.1 Å². The molecule has 0 aliphatic heterocycles. The Labute approximate surface area is 132 Å². The second-order valence-corrected chi connectivity index (χ2v) is 5.17. The number of H-pyrrole nitrogens is 1. The van der Waals surface area contributed by atoms with E-state index in [1.807, 2.05) is 30.5 Å². The fraction of sp³-hybridized carbons (Fsp3) is 0.118. The summed E-state index contributed by atoms with van der Waals surface area (Å²) in [5, 5.41) is 3.64. The number of hydrogen-bond acceptors (Lipinski definition) is 3. The molecule has 4 N–H and O–H groups in total. The molecule has 2 heterocycles. The topological polar surface area (TPSA) is 101 Å². The number of nitrogens with zero attached hydrogens (tertiary/aromatic N) is 1. The summed E-state index contributed by atoms with van der Waals surface area (Å²) in [7, 11) is 0. The van der Waals surface area contributed by atoms with Gasteiger partial charge in [-0.1, -0.05) is 19.1 Å². The van der Waals surface area contributed by atoms with E-state index < -0.39 is 5.91 Å². The molecule has 0 fully saturated rings. The summed E-state index contributed by atoms with van der Waals surface area (Å²) in [4.78, 5) is 30.2. The number of pyridine rings is 1. The highest BCUT2D eigenvalue weighted by atomic mass is 16.1. The van der Waals surface area contributed by atoms with Gasteiger partial charge >= 0.3 is 0 Å². The van der Waals surface area contributed by atoms with Crippen LogP contribution in [0.4, 0.5) is 5.69 Å². The van der Waals surface area contributed by atoms with E-state index in [1.165, 1.54) is 6.20 Å². The summed E-state index contributed by atoms with van der Waals surface area (Å²) >= 11 is 0. The number of nitrogens with two attached hydrogens (primary N) is 1. The molecule has 3 aromatic rings. The highest BCUT2D eigenvalue weighted by Crippen LogP contribution is 2.29. The second-order valence-electron chi connectivity index (χ2n) is 5.17. The Balaban J connectivity index is 2.06. The fourth-order valence-electron chi connectivity index (χ4n) is 2.39. The van der Waals surface area contributed by atoms with Gasteiger partial charge in [0.1, 0.15) is 5.65 Å². The van der Waals surface area contributed by atoms with Crippen molar-refractivity contribution in [3.05, 3.63) is 48.3 Å². The molecule has 2 aromatic heterocycles. The lowest BCUT2D eigenvalue weighted by Gasteiger charge is -2.06. The van der Waals surface area contributed by atoms with Crippen molar-refractivity contribution >= 4 is 28.5 Å². The standard InChI is InChI=1S/C17H16N4O2/c1-2-15(22)21-12-5-3-4-10(6-12)14-9-20-17-13(14)7-11(8-19-17)16(18)23/h3-9H,2H2,1H3,(H2,18,23)(H,19,20)(H,21,22). The number of carbonyl (C=O) groups is 2. The van der Waals surface area contributed by atoms with E-state index in [0.29, 0.717) is 17.6 Å². The largest absolute Gasteiger partial charge is 0.366 e. The summed E-state index contributed by atoms with van der Waals surface area (Å²) in [6.45, 7) is 1.80. The van der Waals surface area contributed by atoms with Gasteiger partial charge in [0.15, 0.2) is 0 Å². The van der Waals surface area contributed by atoms with Gasteiger partial charge in [-0.2, -0.15) is 0 Å². The molecule has 0 radical (unpaired) electrons. The maximum absolute atomic E-state index is 11.5. The van der Waals surface area contributed by atoms with Crippen molar-refractivity contribution in [2.24, 2.45) is 5.73 Å². The van der Waals surface area contributed by atoms with E-state index >= 15 is 0 Å². The molecule has 0 bridgehead atoms. The summed E-state index contributed by atoms with van der Waals surface area (Å²) < 4.78 is 0. The number of aromatic amines is 1. The number of aromatic nitrogens is 2. The number of carbonyl (C=O) groups excluding carboxylic acids is 2. The quantitative estimate of drug-likeness (QED) is 0.690. The lowest BCUT2D eigenvalue weighted by atomic mass is 10.0. The van der Waals surface area contributed by atoms with Crippen molar-refractivity contribution in [1.82, 2.24) is 9.97 Å². The van der Waals surface area contributed by atoms with Gasteiger partial charge in [-0.15, -0.1) is 0 Å². The normalized spacial score (nSPS) is 10.7. The van der Waals surface area contributed by atoms with Gasteiger partial charge in [0.2, 0.25) is 11.8 Å². The Kier molecular flexibility index (Phi) is 3.80. The minimum atomic E-state index is -0.518. The molecular formula is C17H16N4O2. The monoisotopic (exact) mass is 308 g/mol. The number of benzene rings is 1. The molecule has 0 unspecified atom stereocenters. The molecule has 0 atom stereocenters. The van der Waals surface area contributed by atoms with Crippen molar-refractivity contribution in [1.29, 1.82) is 0 Å². The molecule has 23 heavy (non-hydrogen) atoms. The SMILES string of the molecule is CCC(=O)Nc1cccc(-c2c[nH]c3ncc(C(N)=O)cc23)c1. The number of primary amides is 1. The molecule has 0 spiro atoms. The molecule has 0 saturated heterocycles. The van der Waals surface area contributed by atoms with Gasteiger partial charge in [0, 0.05) is 35.5 Å². The first-order chi connectivity index (χ1) is 11.1. The molecule has 3 rings (SSSR count). The Morgan fingerprint density at radius 3 is 2.87 bits per heavy atom. The smallest absolute Gasteiger partial charge is 0.250 e. The summed E-state index contributed by atoms with van der Waals surface area (Å²) in [6, 6.07) is 9.23. The Morgan fingerprint density at radius 2 is 2.13 bits per heavy atom. The third kappa shape index (κ3) is 2.91. The second kappa shape index (κ2) is 5.92. The van der Waals surface area contributed by atoms with Gasteiger partial charge in [0.05, 0.1) is 5.56 Å². The zero-order valence-corrected chi connectivity index (χ0v) is 12.6.